The molecule has 0 bridgehead atoms. The molecule has 1 saturated heterocycles. The molecule has 1 rings (SSSR count). The van der Waals surface area contributed by atoms with Crippen molar-refractivity contribution in [1.29, 1.82) is 0 Å². The Morgan fingerprint density at radius 2 is 2.18 bits per heavy atom. The fourth-order valence-electron chi connectivity index (χ4n) is 2.21. The van der Waals surface area contributed by atoms with E-state index in [4.69, 9.17) is 0 Å². The standard InChI is InChI=1S/C12H26N2O2S/c1-4-5-7-13-9-11(2)14(3)12-6-8-17(15,16)10-12/h11-13H,4-10H2,1-3H3. The van der Waals surface area contributed by atoms with E-state index in [1.54, 1.807) is 0 Å². The van der Waals surface area contributed by atoms with Crippen molar-refractivity contribution in [3.05, 3.63) is 0 Å². The smallest absolute Gasteiger partial charge is 0.151 e. The summed E-state index contributed by atoms with van der Waals surface area (Å²) in [4.78, 5) is 2.21. The largest absolute Gasteiger partial charge is 0.315 e. The molecule has 0 radical (unpaired) electrons. The van der Waals surface area contributed by atoms with Crippen molar-refractivity contribution in [3.8, 4) is 0 Å². The van der Waals surface area contributed by atoms with Gasteiger partial charge < -0.3 is 5.32 Å². The van der Waals surface area contributed by atoms with E-state index in [1.807, 2.05) is 7.05 Å². The van der Waals surface area contributed by atoms with Crippen LogP contribution in [0, 0.1) is 0 Å². The van der Waals surface area contributed by atoms with E-state index in [0.717, 1.165) is 19.5 Å². The van der Waals surface area contributed by atoms with E-state index in [9.17, 15) is 8.42 Å². The van der Waals surface area contributed by atoms with Crippen molar-refractivity contribution >= 4 is 9.84 Å². The number of unbranched alkanes of at least 4 members (excludes halogenated alkanes) is 1. The number of sulfone groups is 1. The molecule has 4 nitrogen and oxygen atoms in total. The molecule has 0 aliphatic carbocycles. The zero-order valence-electron chi connectivity index (χ0n) is 11.3. The Kier molecular flexibility index (Phi) is 5.89. The second-order valence-corrected chi connectivity index (χ2v) is 7.36. The summed E-state index contributed by atoms with van der Waals surface area (Å²) in [5, 5.41) is 3.42. The van der Waals surface area contributed by atoms with Crippen LogP contribution < -0.4 is 5.32 Å². The average Bonchev–Trinajstić information content (AvgIpc) is 2.64. The number of hydrogen-bond donors (Lipinski definition) is 1. The van der Waals surface area contributed by atoms with Crippen LogP contribution in [0.1, 0.15) is 33.1 Å². The third-order valence-corrected chi connectivity index (χ3v) is 5.38. The van der Waals surface area contributed by atoms with E-state index in [2.05, 4.69) is 24.1 Å². The first kappa shape index (κ1) is 14.9. The summed E-state index contributed by atoms with van der Waals surface area (Å²) in [7, 11) is -0.726. The predicted molar refractivity (Wildman–Crippen MR) is 72.1 cm³/mol. The number of rotatable bonds is 7. The molecule has 2 atom stereocenters. The monoisotopic (exact) mass is 262 g/mol. The van der Waals surface area contributed by atoms with Gasteiger partial charge in [0.05, 0.1) is 11.5 Å². The maximum Gasteiger partial charge on any atom is 0.151 e. The molecule has 1 N–H and O–H groups in total. The van der Waals surface area contributed by atoms with Crippen LogP contribution in [0.2, 0.25) is 0 Å². The Labute approximate surface area is 106 Å². The quantitative estimate of drug-likeness (QED) is 0.692. The average molecular weight is 262 g/mol. The van der Waals surface area contributed by atoms with Crippen molar-refractivity contribution in [2.45, 2.75) is 45.2 Å². The van der Waals surface area contributed by atoms with Crippen LogP contribution >= 0.6 is 0 Å². The summed E-state index contributed by atoms with van der Waals surface area (Å²) in [5.74, 6) is 0.695. The molecule has 0 saturated carbocycles. The third-order valence-electron chi connectivity index (χ3n) is 3.63. The molecule has 1 fully saturated rings. The van der Waals surface area contributed by atoms with E-state index in [0.29, 0.717) is 17.5 Å². The van der Waals surface area contributed by atoms with Gasteiger partial charge in [-0.15, -0.1) is 0 Å². The predicted octanol–water partition coefficient (Wildman–Crippen LogP) is 0.884. The molecule has 0 amide bonds. The van der Waals surface area contributed by atoms with Crippen LogP contribution in [0.3, 0.4) is 0 Å². The minimum Gasteiger partial charge on any atom is -0.315 e. The van der Waals surface area contributed by atoms with Gasteiger partial charge in [-0.05, 0) is 33.4 Å². The molecule has 0 spiro atoms. The topological polar surface area (TPSA) is 49.4 Å². The van der Waals surface area contributed by atoms with Gasteiger partial charge in [-0.3, -0.25) is 4.90 Å². The van der Waals surface area contributed by atoms with Crippen LogP contribution in [0.4, 0.5) is 0 Å². The second-order valence-electron chi connectivity index (χ2n) is 5.13. The van der Waals surface area contributed by atoms with Crippen LogP contribution in [0.5, 0.6) is 0 Å². The molecule has 102 valence electrons. The summed E-state index contributed by atoms with van der Waals surface area (Å²) in [5.41, 5.74) is 0. The van der Waals surface area contributed by atoms with Gasteiger partial charge in [0.1, 0.15) is 0 Å². The maximum absolute atomic E-state index is 11.4. The number of likely N-dealkylation sites (N-methyl/N-ethyl adjacent to an activating group) is 1. The Balaban J connectivity index is 2.29. The molecule has 1 heterocycles. The van der Waals surface area contributed by atoms with Crippen molar-refractivity contribution < 1.29 is 8.42 Å². The lowest BCUT2D eigenvalue weighted by Gasteiger charge is -2.30. The van der Waals surface area contributed by atoms with Gasteiger partial charge in [0.15, 0.2) is 9.84 Å². The normalized spacial score (nSPS) is 25.3. The van der Waals surface area contributed by atoms with Gasteiger partial charge in [-0.1, -0.05) is 13.3 Å². The Bertz CT molecular complexity index is 316. The minimum atomic E-state index is -2.77. The minimum absolute atomic E-state index is 0.211. The summed E-state index contributed by atoms with van der Waals surface area (Å²) in [6.45, 7) is 6.33. The fourth-order valence-corrected chi connectivity index (χ4v) is 4.00. The number of hydrogen-bond acceptors (Lipinski definition) is 4. The highest BCUT2D eigenvalue weighted by Crippen LogP contribution is 2.18. The molecular weight excluding hydrogens is 236 g/mol. The Morgan fingerprint density at radius 3 is 2.71 bits per heavy atom. The summed E-state index contributed by atoms with van der Waals surface area (Å²) < 4.78 is 22.8. The molecule has 0 aromatic carbocycles. The van der Waals surface area contributed by atoms with Crippen molar-refractivity contribution in [2.24, 2.45) is 0 Å². The lowest BCUT2D eigenvalue weighted by molar-refractivity contribution is 0.195. The lowest BCUT2D eigenvalue weighted by atomic mass is 10.2. The lowest BCUT2D eigenvalue weighted by Crippen LogP contribution is -2.44. The highest BCUT2D eigenvalue weighted by atomic mass is 32.2. The molecule has 5 heteroatoms. The summed E-state index contributed by atoms with van der Waals surface area (Å²) in [6, 6.07) is 0.605. The molecule has 0 aromatic heterocycles. The van der Waals surface area contributed by atoms with E-state index >= 15 is 0 Å². The SMILES string of the molecule is CCCCNCC(C)N(C)C1CCS(=O)(=O)C1. The first-order chi connectivity index (χ1) is 7.96. The van der Waals surface area contributed by atoms with Gasteiger partial charge in [0.25, 0.3) is 0 Å². The molecular formula is C12H26N2O2S. The first-order valence-electron chi connectivity index (χ1n) is 6.59. The Morgan fingerprint density at radius 1 is 1.47 bits per heavy atom. The Hall–Kier alpha value is -0.130. The number of nitrogens with one attached hydrogen (secondary N) is 1. The van der Waals surface area contributed by atoms with Crippen LogP contribution in [0.25, 0.3) is 0 Å². The first-order valence-corrected chi connectivity index (χ1v) is 8.41. The van der Waals surface area contributed by atoms with Gasteiger partial charge in [0, 0.05) is 18.6 Å². The summed E-state index contributed by atoms with van der Waals surface area (Å²) >= 11 is 0. The molecule has 1 aliphatic heterocycles. The van der Waals surface area contributed by atoms with E-state index in [1.165, 1.54) is 12.8 Å². The highest BCUT2D eigenvalue weighted by molar-refractivity contribution is 7.91. The van der Waals surface area contributed by atoms with Gasteiger partial charge >= 0.3 is 0 Å². The van der Waals surface area contributed by atoms with Crippen molar-refractivity contribution in [1.82, 2.24) is 10.2 Å². The molecule has 17 heavy (non-hydrogen) atoms. The second kappa shape index (κ2) is 6.71. The third kappa shape index (κ3) is 4.94. The molecule has 0 aromatic rings. The molecule has 2 unspecified atom stereocenters. The van der Waals surface area contributed by atoms with Crippen LogP contribution in [0.15, 0.2) is 0 Å². The van der Waals surface area contributed by atoms with Crippen LogP contribution in [-0.4, -0.2) is 57.0 Å². The summed E-state index contributed by atoms with van der Waals surface area (Å²) in [6.07, 6.45) is 3.20. The fraction of sp³-hybridized carbons (Fsp3) is 1.00. The zero-order chi connectivity index (χ0) is 12.9. The molecule has 1 aliphatic rings. The number of nitrogens with zero attached hydrogens (tertiary/aromatic N) is 1. The van der Waals surface area contributed by atoms with Gasteiger partial charge in [0.2, 0.25) is 0 Å². The van der Waals surface area contributed by atoms with Gasteiger partial charge in [-0.2, -0.15) is 0 Å². The van der Waals surface area contributed by atoms with Crippen LogP contribution in [-0.2, 0) is 9.84 Å². The van der Waals surface area contributed by atoms with Crippen molar-refractivity contribution in [3.63, 3.8) is 0 Å². The van der Waals surface area contributed by atoms with Crippen molar-refractivity contribution in [2.75, 3.05) is 31.6 Å². The van der Waals surface area contributed by atoms with Gasteiger partial charge in [-0.25, -0.2) is 8.42 Å². The van der Waals surface area contributed by atoms with E-state index in [-0.39, 0.29) is 6.04 Å². The zero-order valence-corrected chi connectivity index (χ0v) is 12.1. The van der Waals surface area contributed by atoms with E-state index < -0.39 is 9.84 Å². The maximum atomic E-state index is 11.4. The highest BCUT2D eigenvalue weighted by Gasteiger charge is 2.32.